The van der Waals surface area contributed by atoms with E-state index in [0.29, 0.717) is 12.1 Å². The first kappa shape index (κ1) is 15.5. The van der Waals surface area contributed by atoms with Crippen LogP contribution in [0.1, 0.15) is 35.2 Å². The second-order valence-corrected chi connectivity index (χ2v) is 7.86. The molecule has 4 aliphatic rings. The van der Waals surface area contributed by atoms with Crippen molar-refractivity contribution < 1.29 is 0 Å². The molecule has 7 heteroatoms. The van der Waals surface area contributed by atoms with Crippen molar-refractivity contribution in [2.24, 2.45) is 4.99 Å². The first-order valence-electron chi connectivity index (χ1n) is 9.84. The Hall–Kier alpha value is -2.51. The van der Waals surface area contributed by atoms with E-state index in [2.05, 4.69) is 44.0 Å². The summed E-state index contributed by atoms with van der Waals surface area (Å²) in [7, 11) is 0. The molecule has 0 saturated carbocycles. The summed E-state index contributed by atoms with van der Waals surface area (Å²) in [6.45, 7) is 4.49. The molecule has 0 spiro atoms. The van der Waals surface area contributed by atoms with Crippen LogP contribution in [0.4, 0.5) is 17.5 Å². The van der Waals surface area contributed by atoms with Crippen LogP contribution in [-0.2, 0) is 19.6 Å². The summed E-state index contributed by atoms with van der Waals surface area (Å²) in [5.74, 6) is 1.82. The van der Waals surface area contributed by atoms with E-state index < -0.39 is 0 Å². The highest BCUT2D eigenvalue weighted by Gasteiger charge is 2.38. The fourth-order valence-corrected chi connectivity index (χ4v) is 4.80. The van der Waals surface area contributed by atoms with Gasteiger partial charge in [0.2, 0.25) is 5.95 Å². The molecule has 6 rings (SSSR count). The molecule has 0 amide bonds. The Balaban J connectivity index is 1.38. The van der Waals surface area contributed by atoms with E-state index in [0.717, 1.165) is 55.9 Å². The van der Waals surface area contributed by atoms with Crippen molar-refractivity contribution in [2.75, 3.05) is 23.3 Å². The van der Waals surface area contributed by atoms with E-state index in [1.807, 2.05) is 6.21 Å². The van der Waals surface area contributed by atoms with Crippen molar-refractivity contribution in [1.29, 1.82) is 0 Å². The van der Waals surface area contributed by atoms with E-state index in [1.165, 1.54) is 29.5 Å². The third kappa shape index (κ3) is 2.53. The number of nitrogens with zero attached hydrogens (tertiary/aromatic N) is 4. The molecule has 2 unspecified atom stereocenters. The van der Waals surface area contributed by atoms with Crippen LogP contribution in [0.25, 0.3) is 0 Å². The number of aliphatic imine (C=N–C) groups is 1. The Bertz CT molecular complexity index is 922. The predicted molar refractivity (Wildman–Crippen MR) is 106 cm³/mol. The second kappa shape index (κ2) is 6.00. The van der Waals surface area contributed by atoms with Gasteiger partial charge in [-0.2, -0.15) is 4.98 Å². The number of benzene rings is 1. The fraction of sp³-hybridized carbons (Fsp3) is 0.450. The molecule has 3 N–H and O–H groups in total. The van der Waals surface area contributed by atoms with Crippen molar-refractivity contribution in [3.63, 3.8) is 0 Å². The molecule has 5 heterocycles. The molecule has 2 saturated heterocycles. The SMILES string of the molecule is C1=NCc2ccc(Nc3nc(N4C5CCC4CNC5)nc4c3CNC4)cc21. The maximum absolute atomic E-state index is 5.00. The van der Waals surface area contributed by atoms with Gasteiger partial charge in [-0.1, -0.05) is 6.07 Å². The first-order chi connectivity index (χ1) is 13.3. The maximum Gasteiger partial charge on any atom is 0.228 e. The number of anilines is 3. The van der Waals surface area contributed by atoms with E-state index in [9.17, 15) is 0 Å². The minimum atomic E-state index is 0.514. The lowest BCUT2D eigenvalue weighted by molar-refractivity contribution is 0.476. The molecule has 138 valence electrons. The molecular weight excluding hydrogens is 338 g/mol. The molecule has 1 aromatic heterocycles. The largest absolute Gasteiger partial charge is 0.340 e. The number of aromatic nitrogens is 2. The summed E-state index contributed by atoms with van der Waals surface area (Å²) in [4.78, 5) is 16.8. The van der Waals surface area contributed by atoms with Crippen LogP contribution in [0, 0.1) is 0 Å². The van der Waals surface area contributed by atoms with E-state index in [1.54, 1.807) is 0 Å². The molecule has 2 fully saturated rings. The van der Waals surface area contributed by atoms with Crippen molar-refractivity contribution >= 4 is 23.7 Å². The van der Waals surface area contributed by atoms with Crippen molar-refractivity contribution in [1.82, 2.24) is 20.6 Å². The molecule has 0 aliphatic carbocycles. The molecule has 2 atom stereocenters. The average Bonchev–Trinajstić information content (AvgIpc) is 3.39. The third-order valence-electron chi connectivity index (χ3n) is 6.19. The van der Waals surface area contributed by atoms with Gasteiger partial charge in [-0.05, 0) is 36.1 Å². The van der Waals surface area contributed by atoms with Crippen molar-refractivity contribution in [2.45, 2.75) is 44.6 Å². The average molecular weight is 361 g/mol. The highest BCUT2D eigenvalue weighted by molar-refractivity contribution is 5.86. The highest BCUT2D eigenvalue weighted by atomic mass is 15.4. The molecule has 0 radical (unpaired) electrons. The number of fused-ring (bicyclic) bond motifs is 4. The van der Waals surface area contributed by atoms with E-state index in [4.69, 9.17) is 9.97 Å². The second-order valence-electron chi connectivity index (χ2n) is 7.86. The van der Waals surface area contributed by atoms with Gasteiger partial charge in [-0.15, -0.1) is 0 Å². The number of hydrogen-bond acceptors (Lipinski definition) is 7. The standard InChI is InChI=1S/C20H23N7/c1-2-14(5-13-7-21-6-12(1)13)24-19-17-10-23-11-18(17)25-20(26-19)27-15-3-4-16(27)9-22-8-15/h1-2,5,7,15-16,22-23H,3-4,6,8-11H2,(H,24,25,26). The van der Waals surface area contributed by atoms with Gasteiger partial charge >= 0.3 is 0 Å². The van der Waals surface area contributed by atoms with Gasteiger partial charge in [0.25, 0.3) is 0 Å². The Labute approximate surface area is 158 Å². The van der Waals surface area contributed by atoms with Crippen LogP contribution >= 0.6 is 0 Å². The van der Waals surface area contributed by atoms with Crippen LogP contribution in [0.15, 0.2) is 23.2 Å². The molecule has 7 nitrogen and oxygen atoms in total. The predicted octanol–water partition coefficient (Wildman–Crippen LogP) is 1.70. The quantitative estimate of drug-likeness (QED) is 0.772. The summed E-state index contributed by atoms with van der Waals surface area (Å²) in [5.41, 5.74) is 5.86. The van der Waals surface area contributed by atoms with Crippen molar-refractivity contribution in [3.8, 4) is 0 Å². The Morgan fingerprint density at radius 2 is 1.93 bits per heavy atom. The van der Waals surface area contributed by atoms with Crippen molar-refractivity contribution in [3.05, 3.63) is 40.6 Å². The van der Waals surface area contributed by atoms with E-state index in [-0.39, 0.29) is 0 Å². The minimum Gasteiger partial charge on any atom is -0.340 e. The van der Waals surface area contributed by atoms with Gasteiger partial charge in [-0.3, -0.25) is 4.99 Å². The topological polar surface area (TPSA) is 77.5 Å². The minimum absolute atomic E-state index is 0.514. The summed E-state index contributed by atoms with van der Waals surface area (Å²) in [6, 6.07) is 7.47. The molecule has 4 aliphatic heterocycles. The van der Waals surface area contributed by atoms with Gasteiger partial charge in [-0.25, -0.2) is 4.98 Å². The van der Waals surface area contributed by atoms with Crippen LogP contribution in [0.5, 0.6) is 0 Å². The number of hydrogen-bond donors (Lipinski definition) is 3. The Kier molecular flexibility index (Phi) is 3.45. The summed E-state index contributed by atoms with van der Waals surface area (Å²) < 4.78 is 0. The molecule has 2 aromatic rings. The molecular formula is C20H23N7. The summed E-state index contributed by atoms with van der Waals surface area (Å²) >= 11 is 0. The van der Waals surface area contributed by atoms with Crippen LogP contribution in [0.2, 0.25) is 0 Å². The third-order valence-corrected chi connectivity index (χ3v) is 6.19. The molecule has 27 heavy (non-hydrogen) atoms. The zero-order valence-corrected chi connectivity index (χ0v) is 15.2. The van der Waals surface area contributed by atoms with Crippen LogP contribution in [0.3, 0.4) is 0 Å². The lowest BCUT2D eigenvalue weighted by Crippen LogP contribution is -2.52. The number of piperazine rings is 1. The number of nitrogens with one attached hydrogen (secondary N) is 3. The monoisotopic (exact) mass is 361 g/mol. The lowest BCUT2D eigenvalue weighted by Gasteiger charge is -2.35. The highest BCUT2D eigenvalue weighted by Crippen LogP contribution is 2.34. The smallest absolute Gasteiger partial charge is 0.228 e. The first-order valence-corrected chi connectivity index (χ1v) is 9.84. The fourth-order valence-electron chi connectivity index (χ4n) is 4.80. The van der Waals surface area contributed by atoms with Gasteiger partial charge in [0.05, 0.1) is 12.2 Å². The molecule has 1 aromatic carbocycles. The van der Waals surface area contributed by atoms with Crippen LogP contribution in [-0.4, -0.2) is 41.4 Å². The van der Waals surface area contributed by atoms with Gasteiger partial charge in [0.1, 0.15) is 5.82 Å². The van der Waals surface area contributed by atoms with Gasteiger partial charge in [0.15, 0.2) is 0 Å². The summed E-state index contributed by atoms with van der Waals surface area (Å²) in [5, 5.41) is 10.5. The van der Waals surface area contributed by atoms with Gasteiger partial charge < -0.3 is 20.9 Å². The maximum atomic E-state index is 5.00. The zero-order valence-electron chi connectivity index (χ0n) is 15.2. The zero-order chi connectivity index (χ0) is 17.8. The normalized spacial score (nSPS) is 25.0. The number of rotatable bonds is 3. The Morgan fingerprint density at radius 1 is 1.04 bits per heavy atom. The van der Waals surface area contributed by atoms with Gasteiger partial charge in [0, 0.05) is 55.7 Å². The summed E-state index contributed by atoms with van der Waals surface area (Å²) in [6.07, 6.45) is 4.41. The Morgan fingerprint density at radius 3 is 2.81 bits per heavy atom. The van der Waals surface area contributed by atoms with E-state index >= 15 is 0 Å². The molecule has 2 bridgehead atoms. The lowest BCUT2D eigenvalue weighted by atomic mass is 10.1. The van der Waals surface area contributed by atoms with Crippen LogP contribution < -0.4 is 20.9 Å².